The zero-order chi connectivity index (χ0) is 16.3. The first kappa shape index (κ1) is 16.3. The highest BCUT2D eigenvalue weighted by Crippen LogP contribution is 2.23. The van der Waals surface area contributed by atoms with Crippen molar-refractivity contribution in [1.82, 2.24) is 10.2 Å². The molecule has 1 fully saturated rings. The monoisotopic (exact) mass is 325 g/mol. The van der Waals surface area contributed by atoms with Gasteiger partial charge in [-0.1, -0.05) is 25.5 Å². The van der Waals surface area contributed by atoms with E-state index in [4.69, 9.17) is 0 Å². The van der Waals surface area contributed by atoms with Crippen molar-refractivity contribution >= 4 is 27.6 Å². The number of benzene rings is 1. The smallest absolute Gasteiger partial charge is 0.322 e. The minimum absolute atomic E-state index is 0.0512. The molecule has 2 N–H and O–H groups in total. The molecule has 1 saturated heterocycles. The van der Waals surface area contributed by atoms with Gasteiger partial charge in [0.25, 0.3) is 5.91 Å². The van der Waals surface area contributed by atoms with E-state index in [2.05, 4.69) is 10.0 Å². The molecule has 22 heavy (non-hydrogen) atoms. The Kier molecular flexibility index (Phi) is 4.70. The molecule has 1 aromatic carbocycles. The van der Waals surface area contributed by atoms with E-state index in [-0.39, 0.29) is 11.7 Å². The summed E-state index contributed by atoms with van der Waals surface area (Å²) in [6, 6.07) is 5.24. The lowest BCUT2D eigenvalue weighted by molar-refractivity contribution is -0.126. The summed E-state index contributed by atoms with van der Waals surface area (Å²) in [4.78, 5) is 24.4. The molecule has 1 aliphatic heterocycles. The summed E-state index contributed by atoms with van der Waals surface area (Å²) in [6.45, 7) is 1.92. The molecule has 0 saturated carbocycles. The third-order valence-electron chi connectivity index (χ3n) is 3.41. The molecular formula is C14H19N3O4S. The fourth-order valence-electron chi connectivity index (χ4n) is 2.15. The highest BCUT2D eigenvalue weighted by atomic mass is 32.2. The minimum atomic E-state index is -3.40. The van der Waals surface area contributed by atoms with Gasteiger partial charge in [-0.3, -0.25) is 14.4 Å². The maximum absolute atomic E-state index is 12.0. The van der Waals surface area contributed by atoms with Gasteiger partial charge in [-0.2, -0.15) is 0 Å². The van der Waals surface area contributed by atoms with Gasteiger partial charge in [-0.15, -0.1) is 0 Å². The van der Waals surface area contributed by atoms with Crippen LogP contribution in [0.15, 0.2) is 24.3 Å². The molecule has 1 unspecified atom stereocenters. The lowest BCUT2D eigenvalue weighted by Crippen LogP contribution is -2.25. The number of hydrogen-bond acceptors (Lipinski definition) is 4. The second-order valence-corrected chi connectivity index (χ2v) is 7.02. The Morgan fingerprint density at radius 1 is 1.32 bits per heavy atom. The molecule has 7 nitrogen and oxygen atoms in total. The Labute approximate surface area is 129 Å². The van der Waals surface area contributed by atoms with Crippen LogP contribution in [0, 0.1) is 0 Å². The lowest BCUT2D eigenvalue weighted by Gasteiger charge is -2.12. The zero-order valence-electron chi connectivity index (χ0n) is 12.5. The van der Waals surface area contributed by atoms with E-state index >= 15 is 0 Å². The van der Waals surface area contributed by atoms with Crippen LogP contribution >= 0.6 is 0 Å². The largest absolute Gasteiger partial charge is 0.324 e. The molecule has 0 radical (unpaired) electrons. The standard InChI is InChI=1S/C14H19N3O4S/c1-3-4-8-22(20,21)16-11-7-5-6-10(9-11)12-13(18)17(2)14(19)15-12/h5-7,9,12,16H,3-4,8H2,1-2H3,(H,15,19). The summed E-state index contributed by atoms with van der Waals surface area (Å²) < 4.78 is 26.3. The van der Waals surface area contributed by atoms with Crippen LogP contribution in [0.3, 0.4) is 0 Å². The molecule has 8 heteroatoms. The molecule has 1 atom stereocenters. The number of sulfonamides is 1. The first-order chi connectivity index (χ1) is 10.3. The molecule has 3 amide bonds. The van der Waals surface area contributed by atoms with Crippen molar-refractivity contribution in [3.8, 4) is 0 Å². The molecule has 0 aromatic heterocycles. The summed E-state index contributed by atoms with van der Waals surface area (Å²) in [5, 5.41) is 2.55. The number of carbonyl (C=O) groups excluding carboxylic acids is 2. The number of anilines is 1. The first-order valence-electron chi connectivity index (χ1n) is 7.02. The van der Waals surface area contributed by atoms with E-state index in [1.54, 1.807) is 24.3 Å². The number of imide groups is 1. The SMILES string of the molecule is CCCCS(=O)(=O)Nc1cccc(C2NC(=O)N(C)C2=O)c1. The number of carbonyl (C=O) groups is 2. The Morgan fingerprint density at radius 2 is 2.05 bits per heavy atom. The average Bonchev–Trinajstić information content (AvgIpc) is 2.73. The van der Waals surface area contributed by atoms with Crippen molar-refractivity contribution in [2.75, 3.05) is 17.5 Å². The van der Waals surface area contributed by atoms with Gasteiger partial charge >= 0.3 is 6.03 Å². The van der Waals surface area contributed by atoms with Crippen molar-refractivity contribution < 1.29 is 18.0 Å². The van der Waals surface area contributed by atoms with Crippen LogP contribution in [0.1, 0.15) is 31.4 Å². The first-order valence-corrected chi connectivity index (χ1v) is 8.68. The van der Waals surface area contributed by atoms with Gasteiger partial charge in [0.1, 0.15) is 6.04 Å². The maximum Gasteiger partial charge on any atom is 0.324 e. The summed E-state index contributed by atoms with van der Waals surface area (Å²) in [5.74, 6) is -0.314. The number of nitrogens with zero attached hydrogens (tertiary/aromatic N) is 1. The van der Waals surface area contributed by atoms with Crippen LogP contribution in [-0.2, 0) is 14.8 Å². The van der Waals surface area contributed by atoms with Gasteiger partial charge in [0.2, 0.25) is 10.0 Å². The summed E-state index contributed by atoms with van der Waals surface area (Å²) in [6.07, 6.45) is 1.37. The number of hydrogen-bond donors (Lipinski definition) is 2. The van der Waals surface area contributed by atoms with Gasteiger partial charge < -0.3 is 5.32 Å². The highest BCUT2D eigenvalue weighted by molar-refractivity contribution is 7.92. The van der Waals surface area contributed by atoms with Gasteiger partial charge in [-0.05, 0) is 24.1 Å². The van der Waals surface area contributed by atoms with Gasteiger partial charge in [-0.25, -0.2) is 13.2 Å². The molecule has 1 heterocycles. The number of nitrogens with one attached hydrogen (secondary N) is 2. The Bertz CT molecular complexity index is 687. The van der Waals surface area contributed by atoms with Crippen LogP contribution in [0.25, 0.3) is 0 Å². The van der Waals surface area contributed by atoms with Crippen LogP contribution in [-0.4, -0.2) is 38.1 Å². The van der Waals surface area contributed by atoms with Crippen molar-refractivity contribution in [3.63, 3.8) is 0 Å². The van der Waals surface area contributed by atoms with E-state index in [0.717, 1.165) is 11.3 Å². The predicted octanol–water partition coefficient (Wildman–Crippen LogP) is 1.45. The Hall–Kier alpha value is -2.09. The average molecular weight is 325 g/mol. The molecule has 0 bridgehead atoms. The fourth-order valence-corrected chi connectivity index (χ4v) is 3.41. The summed E-state index contributed by atoms with van der Waals surface area (Å²) in [7, 11) is -2.01. The van der Waals surface area contributed by atoms with Crippen molar-refractivity contribution in [3.05, 3.63) is 29.8 Å². The van der Waals surface area contributed by atoms with Gasteiger partial charge in [0, 0.05) is 12.7 Å². The van der Waals surface area contributed by atoms with Gasteiger partial charge in [0.05, 0.1) is 5.75 Å². The van der Waals surface area contributed by atoms with Crippen LogP contribution in [0.2, 0.25) is 0 Å². The molecular weight excluding hydrogens is 306 g/mol. The van der Waals surface area contributed by atoms with E-state index < -0.39 is 22.1 Å². The second-order valence-electron chi connectivity index (χ2n) is 5.18. The van der Waals surface area contributed by atoms with Crippen molar-refractivity contribution in [1.29, 1.82) is 0 Å². The zero-order valence-corrected chi connectivity index (χ0v) is 13.3. The number of amides is 3. The summed E-state index contributed by atoms with van der Waals surface area (Å²) in [5.41, 5.74) is 0.920. The van der Waals surface area contributed by atoms with E-state index in [1.165, 1.54) is 7.05 Å². The number of unbranched alkanes of at least 4 members (excludes halogenated alkanes) is 1. The molecule has 0 spiro atoms. The molecule has 0 aliphatic carbocycles. The van der Waals surface area contributed by atoms with Gasteiger partial charge in [0.15, 0.2) is 0 Å². The number of urea groups is 1. The summed E-state index contributed by atoms with van der Waals surface area (Å²) >= 11 is 0. The molecule has 120 valence electrons. The minimum Gasteiger partial charge on any atom is -0.322 e. The topological polar surface area (TPSA) is 95.6 Å². The predicted molar refractivity (Wildman–Crippen MR) is 82.8 cm³/mol. The third-order valence-corrected chi connectivity index (χ3v) is 4.78. The maximum atomic E-state index is 12.0. The van der Waals surface area contributed by atoms with Crippen molar-refractivity contribution in [2.45, 2.75) is 25.8 Å². The Morgan fingerprint density at radius 3 is 2.64 bits per heavy atom. The second kappa shape index (κ2) is 6.35. The lowest BCUT2D eigenvalue weighted by atomic mass is 10.1. The Balaban J connectivity index is 2.17. The molecule has 1 aromatic rings. The van der Waals surface area contributed by atoms with E-state index in [0.29, 0.717) is 17.7 Å². The normalized spacial score (nSPS) is 18.5. The fraction of sp³-hybridized carbons (Fsp3) is 0.429. The number of rotatable bonds is 6. The van der Waals surface area contributed by atoms with Crippen LogP contribution < -0.4 is 10.0 Å². The van der Waals surface area contributed by atoms with Crippen molar-refractivity contribution in [2.24, 2.45) is 0 Å². The highest BCUT2D eigenvalue weighted by Gasteiger charge is 2.36. The third kappa shape index (κ3) is 3.56. The quantitative estimate of drug-likeness (QED) is 0.774. The molecule has 1 aliphatic rings. The van der Waals surface area contributed by atoms with E-state index in [9.17, 15) is 18.0 Å². The van der Waals surface area contributed by atoms with Crippen LogP contribution in [0.4, 0.5) is 10.5 Å². The number of likely N-dealkylation sites (N-methyl/N-ethyl adjacent to an activating group) is 1. The molecule has 2 rings (SSSR count). The van der Waals surface area contributed by atoms with Crippen LogP contribution in [0.5, 0.6) is 0 Å². The van der Waals surface area contributed by atoms with E-state index in [1.807, 2.05) is 6.92 Å².